The smallest absolute Gasteiger partial charge is 0.203 e. The summed E-state index contributed by atoms with van der Waals surface area (Å²) in [7, 11) is 4.52. The quantitative estimate of drug-likeness (QED) is 0.338. The van der Waals surface area contributed by atoms with Crippen molar-refractivity contribution >= 4 is 29.8 Å². The molecule has 158 valence electrons. The Morgan fingerprint density at radius 1 is 0.933 bits per heavy atom. The molecule has 0 amide bonds. The second-order valence-electron chi connectivity index (χ2n) is 6.11. The van der Waals surface area contributed by atoms with Gasteiger partial charge in [0.05, 0.1) is 27.0 Å². The van der Waals surface area contributed by atoms with Crippen LogP contribution in [0.5, 0.6) is 17.2 Å². The third-order valence-corrected chi connectivity index (χ3v) is 4.27. The summed E-state index contributed by atoms with van der Waals surface area (Å²) in [5.41, 5.74) is 13.2. The number of benzene rings is 2. The number of ketones is 1. The fourth-order valence-electron chi connectivity index (χ4n) is 2.94. The molecule has 0 fully saturated rings. The van der Waals surface area contributed by atoms with Crippen molar-refractivity contribution in [3.05, 3.63) is 66.0 Å². The van der Waals surface area contributed by atoms with Gasteiger partial charge in [0.15, 0.2) is 23.2 Å². The SMILES string of the molecule is COc1cc(C(=O)c2ccn(-c3cccc(N=C(N)N)c3)c2)cc(OC)c1OC.Cl. The fraction of sp³-hybridized carbons (Fsp3) is 0.143. The lowest BCUT2D eigenvalue weighted by Crippen LogP contribution is -2.21. The van der Waals surface area contributed by atoms with Crippen LogP contribution in [-0.2, 0) is 0 Å². The largest absolute Gasteiger partial charge is 0.493 e. The number of hydrogen-bond donors (Lipinski definition) is 2. The minimum absolute atomic E-state index is 0. The van der Waals surface area contributed by atoms with Gasteiger partial charge in [-0.05, 0) is 36.4 Å². The zero-order chi connectivity index (χ0) is 21.0. The normalized spacial score (nSPS) is 9.97. The Morgan fingerprint density at radius 2 is 1.60 bits per heavy atom. The second kappa shape index (κ2) is 9.71. The van der Waals surface area contributed by atoms with Gasteiger partial charge in [-0.1, -0.05) is 6.07 Å². The van der Waals surface area contributed by atoms with Crippen molar-refractivity contribution in [1.82, 2.24) is 4.57 Å². The molecule has 0 unspecified atom stereocenters. The molecule has 0 spiro atoms. The maximum Gasteiger partial charge on any atom is 0.203 e. The van der Waals surface area contributed by atoms with Gasteiger partial charge in [0.25, 0.3) is 0 Å². The number of carbonyl (C=O) groups excluding carboxylic acids is 1. The first kappa shape index (κ1) is 22.6. The molecule has 0 radical (unpaired) electrons. The van der Waals surface area contributed by atoms with Crippen molar-refractivity contribution < 1.29 is 19.0 Å². The molecule has 1 aromatic heterocycles. The van der Waals surface area contributed by atoms with Gasteiger partial charge >= 0.3 is 0 Å². The Hall–Kier alpha value is -3.65. The van der Waals surface area contributed by atoms with Crippen molar-refractivity contribution in [2.75, 3.05) is 21.3 Å². The number of nitrogens with two attached hydrogens (primary N) is 2. The van der Waals surface area contributed by atoms with Crippen molar-refractivity contribution in [2.24, 2.45) is 16.5 Å². The Kier molecular flexibility index (Phi) is 7.32. The van der Waals surface area contributed by atoms with Crippen LogP contribution in [0.25, 0.3) is 5.69 Å². The third kappa shape index (κ3) is 4.66. The third-order valence-electron chi connectivity index (χ3n) is 4.27. The summed E-state index contributed by atoms with van der Waals surface area (Å²) in [4.78, 5) is 17.1. The first-order valence-electron chi connectivity index (χ1n) is 8.69. The maximum atomic E-state index is 13.0. The molecule has 3 rings (SSSR count). The first-order valence-corrected chi connectivity index (χ1v) is 8.69. The van der Waals surface area contributed by atoms with Crippen LogP contribution in [0, 0.1) is 0 Å². The van der Waals surface area contributed by atoms with Crippen LogP contribution in [0.2, 0.25) is 0 Å². The molecule has 1 heterocycles. The van der Waals surface area contributed by atoms with E-state index in [1.165, 1.54) is 21.3 Å². The molecule has 0 atom stereocenters. The number of halogens is 1. The number of aromatic nitrogens is 1. The van der Waals surface area contributed by atoms with E-state index in [0.717, 1.165) is 5.69 Å². The van der Waals surface area contributed by atoms with E-state index in [1.807, 2.05) is 22.8 Å². The Labute approximate surface area is 180 Å². The first-order chi connectivity index (χ1) is 14.0. The summed E-state index contributed by atoms with van der Waals surface area (Å²) in [5.74, 6) is 1.07. The predicted molar refractivity (Wildman–Crippen MR) is 118 cm³/mol. The monoisotopic (exact) mass is 430 g/mol. The molecule has 4 N–H and O–H groups in total. The lowest BCUT2D eigenvalue weighted by atomic mass is 10.0. The summed E-state index contributed by atoms with van der Waals surface area (Å²) in [5, 5.41) is 0. The average Bonchev–Trinajstić information content (AvgIpc) is 3.22. The van der Waals surface area contributed by atoms with Crippen LogP contribution < -0.4 is 25.7 Å². The van der Waals surface area contributed by atoms with Crippen molar-refractivity contribution in [3.63, 3.8) is 0 Å². The Bertz CT molecular complexity index is 1050. The lowest BCUT2D eigenvalue weighted by molar-refractivity contribution is 0.103. The van der Waals surface area contributed by atoms with E-state index in [1.54, 1.807) is 36.7 Å². The molecule has 0 saturated carbocycles. The van der Waals surface area contributed by atoms with E-state index < -0.39 is 0 Å². The van der Waals surface area contributed by atoms with Gasteiger partial charge in [0, 0.05) is 29.2 Å². The molecule has 2 aromatic carbocycles. The maximum absolute atomic E-state index is 13.0. The van der Waals surface area contributed by atoms with Crippen LogP contribution >= 0.6 is 12.4 Å². The van der Waals surface area contributed by atoms with Crippen LogP contribution in [0.3, 0.4) is 0 Å². The van der Waals surface area contributed by atoms with Crippen molar-refractivity contribution in [1.29, 1.82) is 0 Å². The summed E-state index contributed by atoms with van der Waals surface area (Å²) in [6.45, 7) is 0. The van der Waals surface area contributed by atoms with E-state index in [0.29, 0.717) is 34.1 Å². The van der Waals surface area contributed by atoms with E-state index in [9.17, 15) is 4.79 Å². The standard InChI is InChI=1S/C21H22N4O4.ClH/c1-27-17-9-14(10-18(28-2)20(17)29-3)19(26)13-7-8-25(12-13)16-6-4-5-15(11-16)24-21(22)23;/h4-12H,1-3H3,(H4,22,23,24);1H. The Morgan fingerprint density at radius 3 is 2.17 bits per heavy atom. The summed E-state index contributed by atoms with van der Waals surface area (Å²) in [6, 6.07) is 12.3. The Balaban J connectivity index is 0.00000320. The molecule has 8 nitrogen and oxygen atoms in total. The average molecular weight is 431 g/mol. The molecule has 30 heavy (non-hydrogen) atoms. The minimum atomic E-state index is -0.177. The van der Waals surface area contributed by atoms with Gasteiger partial charge in [-0.15, -0.1) is 12.4 Å². The van der Waals surface area contributed by atoms with E-state index in [4.69, 9.17) is 25.7 Å². The molecular formula is C21H23ClN4O4. The van der Waals surface area contributed by atoms with Gasteiger partial charge in [0.1, 0.15) is 0 Å². The van der Waals surface area contributed by atoms with E-state index >= 15 is 0 Å². The van der Waals surface area contributed by atoms with Gasteiger partial charge in [0.2, 0.25) is 5.75 Å². The number of carbonyl (C=O) groups is 1. The number of ether oxygens (including phenoxy) is 3. The summed E-state index contributed by atoms with van der Waals surface area (Å²) in [6.07, 6.45) is 3.53. The van der Waals surface area contributed by atoms with Gasteiger partial charge < -0.3 is 30.2 Å². The van der Waals surface area contributed by atoms with Crippen LogP contribution in [0.4, 0.5) is 5.69 Å². The fourth-order valence-corrected chi connectivity index (χ4v) is 2.94. The highest BCUT2D eigenvalue weighted by Gasteiger charge is 2.19. The van der Waals surface area contributed by atoms with Crippen molar-refractivity contribution in [2.45, 2.75) is 0 Å². The highest BCUT2D eigenvalue weighted by atomic mass is 35.5. The highest BCUT2D eigenvalue weighted by Crippen LogP contribution is 2.38. The second-order valence-corrected chi connectivity index (χ2v) is 6.11. The molecule has 0 bridgehead atoms. The molecule has 0 aliphatic rings. The zero-order valence-electron chi connectivity index (χ0n) is 16.8. The predicted octanol–water partition coefficient (Wildman–Crippen LogP) is 3.06. The summed E-state index contributed by atoms with van der Waals surface area (Å²) >= 11 is 0. The number of hydrogen-bond acceptors (Lipinski definition) is 5. The van der Waals surface area contributed by atoms with E-state index in [-0.39, 0.29) is 24.1 Å². The van der Waals surface area contributed by atoms with Gasteiger partial charge in [-0.3, -0.25) is 4.79 Å². The van der Waals surface area contributed by atoms with Crippen molar-refractivity contribution in [3.8, 4) is 22.9 Å². The number of aliphatic imine (C=N–C) groups is 1. The summed E-state index contributed by atoms with van der Waals surface area (Å²) < 4.78 is 17.8. The number of guanidine groups is 1. The van der Waals surface area contributed by atoms with Crippen LogP contribution in [0.15, 0.2) is 59.9 Å². The topological polar surface area (TPSA) is 114 Å². The highest BCUT2D eigenvalue weighted by molar-refractivity contribution is 6.09. The van der Waals surface area contributed by atoms with E-state index in [2.05, 4.69) is 4.99 Å². The molecule has 0 aliphatic heterocycles. The van der Waals surface area contributed by atoms with Gasteiger partial charge in [-0.2, -0.15) is 0 Å². The minimum Gasteiger partial charge on any atom is -0.493 e. The molecule has 9 heteroatoms. The number of nitrogens with zero attached hydrogens (tertiary/aromatic N) is 2. The molecule has 3 aromatic rings. The number of rotatable bonds is 7. The van der Waals surface area contributed by atoms with Crippen LogP contribution in [-0.4, -0.2) is 37.6 Å². The van der Waals surface area contributed by atoms with Gasteiger partial charge in [-0.25, -0.2) is 4.99 Å². The number of methoxy groups -OCH3 is 3. The molecule has 0 saturated heterocycles. The van der Waals surface area contributed by atoms with Crippen LogP contribution in [0.1, 0.15) is 15.9 Å². The zero-order valence-corrected chi connectivity index (χ0v) is 17.6. The lowest BCUT2D eigenvalue weighted by Gasteiger charge is -2.13. The molecule has 0 aliphatic carbocycles. The molecular weight excluding hydrogens is 408 g/mol.